The molecule has 4 N–H and O–H groups in total. The third kappa shape index (κ3) is 5.44. The zero-order valence-corrected chi connectivity index (χ0v) is 19.6. The van der Waals surface area contributed by atoms with E-state index in [1.807, 2.05) is 50.2 Å². The maximum absolute atomic E-state index is 13.2. The number of fused-ring (bicyclic) bond motifs is 2. The summed E-state index contributed by atoms with van der Waals surface area (Å²) in [5, 5.41) is 28.7. The lowest BCUT2D eigenvalue weighted by Gasteiger charge is -2.17. The summed E-state index contributed by atoms with van der Waals surface area (Å²) in [6.45, 7) is 4.57. The van der Waals surface area contributed by atoms with Crippen molar-refractivity contribution in [3.05, 3.63) is 87.3 Å². The van der Waals surface area contributed by atoms with Gasteiger partial charge in [-0.25, -0.2) is 4.98 Å². The predicted molar refractivity (Wildman–Crippen MR) is 130 cm³/mol. The van der Waals surface area contributed by atoms with Crippen LogP contribution in [-0.2, 0) is 11.3 Å². The Morgan fingerprint density at radius 1 is 1.14 bits per heavy atom. The van der Waals surface area contributed by atoms with E-state index in [4.69, 9.17) is 15.3 Å². The van der Waals surface area contributed by atoms with Crippen LogP contribution < -0.4 is 16.4 Å². The van der Waals surface area contributed by atoms with Crippen LogP contribution in [0.15, 0.2) is 59.5 Å². The molecular weight excluding hydrogens is 450 g/mol. The first-order chi connectivity index (χ1) is 16.6. The van der Waals surface area contributed by atoms with E-state index < -0.39 is 11.9 Å². The topological polar surface area (TPSA) is 150 Å². The van der Waals surface area contributed by atoms with Crippen molar-refractivity contribution in [2.45, 2.75) is 33.4 Å². The number of aliphatic hydroxyl groups excluding tert-OH is 1. The lowest BCUT2D eigenvalue weighted by Crippen LogP contribution is -2.36. The van der Waals surface area contributed by atoms with E-state index in [1.54, 1.807) is 12.3 Å². The maximum atomic E-state index is 13.2. The van der Waals surface area contributed by atoms with Gasteiger partial charge in [-0.05, 0) is 37.1 Å². The summed E-state index contributed by atoms with van der Waals surface area (Å²) in [5.74, 6) is -1.30. The van der Waals surface area contributed by atoms with Gasteiger partial charge in [0.15, 0.2) is 0 Å². The van der Waals surface area contributed by atoms with Crippen molar-refractivity contribution in [2.75, 3.05) is 6.61 Å². The Labute approximate surface area is 200 Å². The molecule has 0 fully saturated rings. The summed E-state index contributed by atoms with van der Waals surface area (Å²) < 4.78 is 2.84. The predicted octanol–water partition coefficient (Wildman–Crippen LogP) is 2.01. The van der Waals surface area contributed by atoms with Crippen LogP contribution in [0.4, 0.5) is 0 Å². The molecule has 0 saturated heterocycles. The molecule has 182 valence electrons. The Morgan fingerprint density at radius 2 is 1.80 bits per heavy atom. The van der Waals surface area contributed by atoms with Gasteiger partial charge in [-0.2, -0.15) is 0 Å². The van der Waals surface area contributed by atoms with Crippen LogP contribution in [0.5, 0.6) is 0 Å². The lowest BCUT2D eigenvalue weighted by molar-refractivity contribution is -0.134. The number of aromatic nitrogens is 3. The molecule has 35 heavy (non-hydrogen) atoms. The molecule has 4 rings (SSSR count). The maximum Gasteiger partial charge on any atom is 0.300 e. The van der Waals surface area contributed by atoms with Gasteiger partial charge in [0.25, 0.3) is 17.4 Å². The van der Waals surface area contributed by atoms with Crippen LogP contribution >= 0.6 is 0 Å². The van der Waals surface area contributed by atoms with Crippen molar-refractivity contribution in [3.8, 4) is 0 Å². The van der Waals surface area contributed by atoms with Gasteiger partial charge in [-0.3, -0.25) is 24.2 Å². The number of benzene rings is 1. The second-order valence-corrected chi connectivity index (χ2v) is 7.95. The lowest BCUT2D eigenvalue weighted by atomic mass is 10.1. The van der Waals surface area contributed by atoms with Crippen molar-refractivity contribution in [3.63, 3.8) is 0 Å². The Balaban J connectivity index is 0.000000795. The first-order valence-electron chi connectivity index (χ1n) is 10.9. The van der Waals surface area contributed by atoms with Gasteiger partial charge in [0, 0.05) is 19.7 Å². The molecule has 10 nitrogen and oxygen atoms in total. The third-order valence-corrected chi connectivity index (χ3v) is 5.35. The number of carbonyl (C=O) groups is 2. The fraction of sp³-hybridized carbons (Fsp3) is 0.240. The van der Waals surface area contributed by atoms with Crippen LogP contribution in [-0.4, -0.2) is 42.6 Å². The molecule has 0 spiro atoms. The fourth-order valence-corrected chi connectivity index (χ4v) is 3.69. The quantitative estimate of drug-likeness (QED) is 0.323. The SMILES string of the molecule is CC(=O)O.Cc1cccn2c(=O)c3cc(C(=O)NC(C)c4ccccc4)c(=N)n(CCO)c3nc12. The molecular formula is C25H27N5O5. The summed E-state index contributed by atoms with van der Waals surface area (Å²) in [4.78, 5) is 39.8. The largest absolute Gasteiger partial charge is 0.481 e. The van der Waals surface area contributed by atoms with Gasteiger partial charge in [-0.1, -0.05) is 36.4 Å². The summed E-state index contributed by atoms with van der Waals surface area (Å²) in [7, 11) is 0. The number of aliphatic carboxylic acids is 1. The van der Waals surface area contributed by atoms with E-state index in [-0.39, 0.29) is 46.8 Å². The number of nitrogens with one attached hydrogen (secondary N) is 2. The van der Waals surface area contributed by atoms with E-state index in [0.29, 0.717) is 5.65 Å². The number of carboxylic acid groups (broad SMARTS) is 1. The smallest absolute Gasteiger partial charge is 0.300 e. The third-order valence-electron chi connectivity index (χ3n) is 5.35. The molecule has 1 atom stereocenters. The van der Waals surface area contributed by atoms with Crippen LogP contribution in [0.25, 0.3) is 16.7 Å². The average molecular weight is 478 g/mol. The average Bonchev–Trinajstić information content (AvgIpc) is 2.82. The van der Waals surface area contributed by atoms with Gasteiger partial charge in [0.05, 0.1) is 23.6 Å². The number of carboxylic acids is 1. The molecule has 3 heterocycles. The van der Waals surface area contributed by atoms with Gasteiger partial charge >= 0.3 is 0 Å². The van der Waals surface area contributed by atoms with Gasteiger partial charge < -0.3 is 20.1 Å². The van der Waals surface area contributed by atoms with Crippen molar-refractivity contribution in [1.82, 2.24) is 19.3 Å². The van der Waals surface area contributed by atoms with Crippen LogP contribution in [0.3, 0.4) is 0 Å². The van der Waals surface area contributed by atoms with Crippen LogP contribution in [0, 0.1) is 12.3 Å². The molecule has 0 bridgehead atoms. The second-order valence-electron chi connectivity index (χ2n) is 7.95. The van der Waals surface area contributed by atoms with Crippen molar-refractivity contribution < 1.29 is 19.8 Å². The number of pyridine rings is 2. The summed E-state index contributed by atoms with van der Waals surface area (Å²) in [5.41, 5.74) is 2.09. The Kier molecular flexibility index (Phi) is 7.77. The number of nitrogens with zero attached hydrogens (tertiary/aromatic N) is 3. The van der Waals surface area contributed by atoms with E-state index in [0.717, 1.165) is 18.1 Å². The Morgan fingerprint density at radius 3 is 2.43 bits per heavy atom. The number of amides is 1. The zero-order chi connectivity index (χ0) is 25.7. The van der Waals surface area contributed by atoms with Crippen LogP contribution in [0.2, 0.25) is 0 Å². The molecule has 3 aromatic heterocycles. The number of carbonyl (C=O) groups excluding carboxylic acids is 1. The van der Waals surface area contributed by atoms with E-state index >= 15 is 0 Å². The monoisotopic (exact) mass is 477 g/mol. The highest BCUT2D eigenvalue weighted by Gasteiger charge is 2.19. The summed E-state index contributed by atoms with van der Waals surface area (Å²) in [6.07, 6.45) is 1.62. The number of hydrogen-bond acceptors (Lipinski definition) is 6. The highest BCUT2D eigenvalue weighted by Crippen LogP contribution is 2.15. The number of hydrogen-bond donors (Lipinski definition) is 4. The molecule has 4 aromatic rings. The highest BCUT2D eigenvalue weighted by molar-refractivity contribution is 5.97. The molecule has 10 heteroatoms. The van der Waals surface area contributed by atoms with Gasteiger partial charge in [0.2, 0.25) is 0 Å². The van der Waals surface area contributed by atoms with E-state index in [9.17, 15) is 14.7 Å². The standard InChI is InChI=1S/C23H23N5O3.C2H4O2/c1-14-7-6-10-28-20(14)26-21-18(23(28)31)13-17(19(24)27(21)11-12-29)22(30)25-15(2)16-8-4-3-5-9-16;1-2(3)4/h3-10,13,15,24,29H,11-12H2,1-2H3,(H,25,30);1H3,(H,3,4). The molecule has 0 saturated carbocycles. The Bertz CT molecular complexity index is 1500. The summed E-state index contributed by atoms with van der Waals surface area (Å²) >= 11 is 0. The van der Waals surface area contributed by atoms with Crippen molar-refractivity contribution in [1.29, 1.82) is 5.41 Å². The minimum Gasteiger partial charge on any atom is -0.481 e. The highest BCUT2D eigenvalue weighted by atomic mass is 16.4. The van der Waals surface area contributed by atoms with E-state index in [2.05, 4.69) is 10.3 Å². The van der Waals surface area contributed by atoms with Crippen LogP contribution in [0.1, 0.15) is 41.4 Å². The normalized spacial score (nSPS) is 11.5. The first-order valence-corrected chi connectivity index (χ1v) is 10.9. The van der Waals surface area contributed by atoms with Crippen molar-refractivity contribution in [2.24, 2.45) is 0 Å². The molecule has 0 aliphatic carbocycles. The first kappa shape index (κ1) is 25.3. The number of rotatable bonds is 5. The molecule has 1 unspecified atom stereocenters. The second kappa shape index (κ2) is 10.7. The minimum absolute atomic E-state index is 0.0409. The molecule has 0 aliphatic heterocycles. The molecule has 1 aromatic carbocycles. The Hall–Kier alpha value is -4.31. The van der Waals surface area contributed by atoms with Gasteiger partial charge in [-0.15, -0.1) is 0 Å². The molecule has 1 amide bonds. The van der Waals surface area contributed by atoms with Gasteiger partial charge in [0.1, 0.15) is 16.8 Å². The minimum atomic E-state index is -0.833. The summed E-state index contributed by atoms with van der Waals surface area (Å²) in [6, 6.07) is 14.2. The number of aryl methyl sites for hydroxylation is 1. The number of aliphatic hydroxyl groups is 1. The fourth-order valence-electron chi connectivity index (χ4n) is 3.69. The zero-order valence-electron chi connectivity index (χ0n) is 19.6. The molecule has 0 radical (unpaired) electrons. The van der Waals surface area contributed by atoms with E-state index in [1.165, 1.54) is 15.0 Å². The molecule has 0 aliphatic rings. The van der Waals surface area contributed by atoms with Crippen molar-refractivity contribution >= 4 is 28.6 Å².